The third-order valence-corrected chi connectivity index (χ3v) is 8.48. The maximum atomic E-state index is 13.5. The van der Waals surface area contributed by atoms with Gasteiger partial charge in [-0.15, -0.1) is 14.3 Å². The molecule has 2 aromatic carbocycles. The van der Waals surface area contributed by atoms with E-state index in [9.17, 15) is 9.90 Å². The molecule has 2 heterocycles. The lowest BCUT2D eigenvalue weighted by Gasteiger charge is -2.28. The fourth-order valence-electron chi connectivity index (χ4n) is 5.43. The van der Waals surface area contributed by atoms with Crippen LogP contribution in [-0.4, -0.2) is 39.8 Å². The van der Waals surface area contributed by atoms with Crippen LogP contribution in [0.2, 0.25) is 0 Å². The number of carbonyl (C=O) groups is 1. The van der Waals surface area contributed by atoms with E-state index in [1.165, 1.54) is 0 Å². The number of hydrogen-bond acceptors (Lipinski definition) is 6. The van der Waals surface area contributed by atoms with Gasteiger partial charge in [-0.25, -0.2) is 0 Å². The number of methoxy groups -OCH3 is 1. The van der Waals surface area contributed by atoms with Crippen LogP contribution in [0.4, 0.5) is 0 Å². The topological polar surface area (TPSA) is 97.2 Å². The molecule has 0 bridgehead atoms. The van der Waals surface area contributed by atoms with E-state index in [-0.39, 0.29) is 17.2 Å². The minimum absolute atomic E-state index is 0.0152. The number of aryl methyl sites for hydroxylation is 1. The van der Waals surface area contributed by atoms with Gasteiger partial charge in [0.15, 0.2) is 0 Å². The molecular weight excluding hydrogens is 519 g/mol. The number of hydrogen-bond donors (Lipinski definition) is 2. The number of fused-ring (bicyclic) bond motifs is 1. The second kappa shape index (κ2) is 10.5. The van der Waals surface area contributed by atoms with Crippen LogP contribution in [-0.2, 0) is 5.60 Å². The van der Waals surface area contributed by atoms with Gasteiger partial charge in [-0.3, -0.25) is 9.78 Å². The molecule has 208 valence electrons. The molecule has 1 saturated carbocycles. The summed E-state index contributed by atoms with van der Waals surface area (Å²) < 4.78 is 5.52. The van der Waals surface area contributed by atoms with Crippen molar-refractivity contribution >= 4 is 31.4 Å². The van der Waals surface area contributed by atoms with Crippen molar-refractivity contribution in [1.29, 1.82) is 0 Å². The number of nitrogens with one attached hydrogen (secondary N) is 1. The molecule has 0 spiro atoms. The summed E-state index contributed by atoms with van der Waals surface area (Å²) in [6.45, 7) is 10.2. The largest absolute Gasteiger partial charge is 0.494 e. The van der Waals surface area contributed by atoms with E-state index in [4.69, 9.17) is 9.72 Å². The molecule has 2 atom stereocenters. The van der Waals surface area contributed by atoms with Gasteiger partial charge in [-0.05, 0) is 86.6 Å². The summed E-state index contributed by atoms with van der Waals surface area (Å²) in [5.41, 5.74) is 5.41. The van der Waals surface area contributed by atoms with Gasteiger partial charge in [0.25, 0.3) is 5.91 Å². The number of pyridine rings is 1. The molecule has 40 heavy (non-hydrogen) atoms. The number of ether oxygens (including phenoxy) is 1. The van der Waals surface area contributed by atoms with Crippen LogP contribution in [0.5, 0.6) is 5.75 Å². The lowest BCUT2D eigenvalue weighted by atomic mass is 9.83. The molecule has 1 unspecified atom stereocenters. The summed E-state index contributed by atoms with van der Waals surface area (Å²) in [6.07, 6.45) is 2.11. The van der Waals surface area contributed by atoms with Crippen molar-refractivity contribution in [1.82, 2.24) is 20.5 Å². The summed E-state index contributed by atoms with van der Waals surface area (Å²) in [7, 11) is 4.28. The Bertz CT molecular complexity index is 1590. The highest BCUT2D eigenvalue weighted by molar-refractivity contribution is 7.27. The Morgan fingerprint density at radius 3 is 2.45 bits per heavy atom. The van der Waals surface area contributed by atoms with Crippen molar-refractivity contribution in [2.24, 2.45) is 5.41 Å². The van der Waals surface area contributed by atoms with Gasteiger partial charge < -0.3 is 15.2 Å². The number of aliphatic hydroxyl groups is 1. The predicted octanol–water partition coefficient (Wildman–Crippen LogP) is 5.36. The van der Waals surface area contributed by atoms with Crippen molar-refractivity contribution in [2.75, 3.05) is 13.7 Å². The molecule has 5 rings (SSSR count). The first-order chi connectivity index (χ1) is 18.9. The van der Waals surface area contributed by atoms with Gasteiger partial charge in [-0.1, -0.05) is 31.2 Å². The second-order valence-electron chi connectivity index (χ2n) is 11.8. The van der Waals surface area contributed by atoms with Crippen molar-refractivity contribution in [2.45, 2.75) is 59.0 Å². The monoisotopic (exact) mass is 556 g/mol. The van der Waals surface area contributed by atoms with Gasteiger partial charge in [-0.2, -0.15) is 5.10 Å². The Kier molecular flexibility index (Phi) is 7.41. The van der Waals surface area contributed by atoms with E-state index >= 15 is 0 Å². The molecule has 1 aliphatic rings. The molecule has 1 amide bonds. The van der Waals surface area contributed by atoms with E-state index in [1.54, 1.807) is 13.2 Å². The number of carbonyl (C=O) groups excluding carboxylic acids is 1. The molecule has 0 radical (unpaired) electrons. The summed E-state index contributed by atoms with van der Waals surface area (Å²) in [6, 6.07) is 15.7. The van der Waals surface area contributed by atoms with Crippen LogP contribution in [0.1, 0.15) is 72.4 Å². The quantitative estimate of drug-likeness (QED) is 0.284. The Hall–Kier alpha value is -3.41. The standard InChI is InChI=1S/C32H37N4O3P/c1-18-13-21-14-22(15-27(39-6)29(21)36-35-18)30(37)33-17-25(32(5)11-12-32)26-16-24(31(3,4)38)19(2)28(34-26)20-7-9-23(40)10-8-20/h7-10,13-16,25,38H,11-12,17,40H2,1-6H3,(H,33,37)/t25-/m0/s1. The molecule has 8 heteroatoms. The first-order valence-corrected chi connectivity index (χ1v) is 14.2. The van der Waals surface area contributed by atoms with Gasteiger partial charge in [0.1, 0.15) is 11.3 Å². The molecule has 1 fully saturated rings. The molecule has 1 aliphatic carbocycles. The Balaban J connectivity index is 1.51. The van der Waals surface area contributed by atoms with E-state index in [0.29, 0.717) is 23.4 Å². The molecule has 0 saturated heterocycles. The first kappa shape index (κ1) is 28.1. The summed E-state index contributed by atoms with van der Waals surface area (Å²) in [4.78, 5) is 18.6. The SMILES string of the molecule is COc1cc(C(=O)NC[C@@H](c2cc(C(C)(C)O)c(C)c(-c3ccc(P)cc3)n2)C2(C)CC2)cc2cc(C)nnc12. The average molecular weight is 557 g/mol. The van der Waals surface area contributed by atoms with E-state index in [1.807, 2.05) is 58.0 Å². The highest BCUT2D eigenvalue weighted by atomic mass is 31.0. The van der Waals surface area contributed by atoms with Crippen molar-refractivity contribution in [3.8, 4) is 17.0 Å². The average Bonchev–Trinajstić information content (AvgIpc) is 3.66. The minimum Gasteiger partial charge on any atom is -0.494 e. The lowest BCUT2D eigenvalue weighted by molar-refractivity contribution is 0.0776. The first-order valence-electron chi connectivity index (χ1n) is 13.6. The van der Waals surface area contributed by atoms with Crippen molar-refractivity contribution in [3.05, 3.63) is 76.6 Å². The smallest absolute Gasteiger partial charge is 0.251 e. The highest BCUT2D eigenvalue weighted by Gasteiger charge is 2.46. The van der Waals surface area contributed by atoms with Crippen LogP contribution in [0.25, 0.3) is 22.2 Å². The summed E-state index contributed by atoms with van der Waals surface area (Å²) in [5.74, 6) is 0.306. The number of aromatic nitrogens is 3. The van der Waals surface area contributed by atoms with Crippen LogP contribution in [0.15, 0.2) is 48.5 Å². The Labute approximate surface area is 238 Å². The van der Waals surface area contributed by atoms with Crippen LogP contribution < -0.4 is 15.4 Å². The van der Waals surface area contributed by atoms with E-state index in [2.05, 4.69) is 43.8 Å². The lowest BCUT2D eigenvalue weighted by Crippen LogP contribution is -2.32. The normalized spacial score (nSPS) is 15.1. The minimum atomic E-state index is -1.04. The van der Waals surface area contributed by atoms with Crippen LogP contribution >= 0.6 is 9.24 Å². The predicted molar refractivity (Wildman–Crippen MR) is 162 cm³/mol. The van der Waals surface area contributed by atoms with Gasteiger partial charge in [0.2, 0.25) is 0 Å². The molecular formula is C32H37N4O3P. The second-order valence-corrected chi connectivity index (χ2v) is 12.4. The molecule has 0 aliphatic heterocycles. The summed E-state index contributed by atoms with van der Waals surface area (Å²) in [5, 5.41) is 24.6. The number of nitrogens with zero attached hydrogens (tertiary/aromatic N) is 3. The maximum Gasteiger partial charge on any atom is 0.251 e. The fourth-order valence-corrected chi connectivity index (χ4v) is 5.62. The third kappa shape index (κ3) is 5.59. The van der Waals surface area contributed by atoms with Gasteiger partial charge in [0, 0.05) is 34.7 Å². The molecule has 4 aromatic rings. The van der Waals surface area contributed by atoms with Crippen molar-refractivity contribution < 1.29 is 14.6 Å². The zero-order valence-corrected chi connectivity index (χ0v) is 25.2. The zero-order chi connectivity index (χ0) is 28.8. The molecule has 2 aromatic heterocycles. The van der Waals surface area contributed by atoms with Crippen molar-refractivity contribution in [3.63, 3.8) is 0 Å². The number of amides is 1. The van der Waals surface area contributed by atoms with Crippen LogP contribution in [0, 0.1) is 19.3 Å². The Morgan fingerprint density at radius 2 is 1.82 bits per heavy atom. The number of rotatable bonds is 8. The van der Waals surface area contributed by atoms with E-state index < -0.39 is 5.60 Å². The molecule has 7 nitrogen and oxygen atoms in total. The fraction of sp³-hybridized carbons (Fsp3) is 0.375. The zero-order valence-electron chi connectivity index (χ0n) is 24.0. The Morgan fingerprint density at radius 1 is 1.12 bits per heavy atom. The van der Waals surface area contributed by atoms with Gasteiger partial charge >= 0.3 is 0 Å². The highest BCUT2D eigenvalue weighted by Crippen LogP contribution is 2.55. The number of benzene rings is 2. The third-order valence-electron chi connectivity index (χ3n) is 8.10. The van der Waals surface area contributed by atoms with Gasteiger partial charge in [0.05, 0.1) is 24.1 Å². The maximum absolute atomic E-state index is 13.5. The summed E-state index contributed by atoms with van der Waals surface area (Å²) >= 11 is 0. The van der Waals surface area contributed by atoms with Crippen LogP contribution in [0.3, 0.4) is 0 Å². The van der Waals surface area contributed by atoms with E-state index in [0.717, 1.165) is 57.3 Å². The molecule has 2 N–H and O–H groups in total.